The standard InChI is InChI=1S/C16H19N3O2/c1-10-6-11(2)15-13(7-10)16(21)19(9-17-15)12-4-5-14(20)18(3)8-12/h6-7,9,12H,4-5,8H2,1-3H3/t12-/m0/s1. The summed E-state index contributed by atoms with van der Waals surface area (Å²) in [6.07, 6.45) is 2.81. The number of benzene rings is 1. The van der Waals surface area contributed by atoms with Crippen molar-refractivity contribution in [2.24, 2.45) is 0 Å². The van der Waals surface area contributed by atoms with Crippen molar-refractivity contribution in [3.05, 3.63) is 39.9 Å². The molecule has 0 unspecified atom stereocenters. The first-order chi connectivity index (χ1) is 9.97. The number of amides is 1. The van der Waals surface area contributed by atoms with Crippen molar-refractivity contribution in [2.45, 2.75) is 32.7 Å². The number of nitrogens with zero attached hydrogens (tertiary/aromatic N) is 3. The molecule has 1 fully saturated rings. The highest BCUT2D eigenvalue weighted by molar-refractivity contribution is 5.81. The highest BCUT2D eigenvalue weighted by Gasteiger charge is 2.25. The normalized spacial score (nSPS) is 19.3. The van der Waals surface area contributed by atoms with E-state index in [1.807, 2.05) is 26.0 Å². The minimum absolute atomic E-state index is 0.0120. The molecule has 1 amide bonds. The average Bonchev–Trinajstić information content (AvgIpc) is 2.43. The van der Waals surface area contributed by atoms with Crippen molar-refractivity contribution < 1.29 is 4.79 Å². The molecule has 110 valence electrons. The Labute approximate surface area is 123 Å². The predicted octanol–water partition coefficient (Wildman–Crippen LogP) is 1.81. The van der Waals surface area contributed by atoms with E-state index in [0.29, 0.717) is 24.8 Å². The third-order valence-corrected chi connectivity index (χ3v) is 4.22. The zero-order chi connectivity index (χ0) is 15.1. The van der Waals surface area contributed by atoms with Gasteiger partial charge in [0.25, 0.3) is 5.56 Å². The molecule has 0 N–H and O–H groups in total. The van der Waals surface area contributed by atoms with Gasteiger partial charge in [0.1, 0.15) is 0 Å². The van der Waals surface area contributed by atoms with Crippen LogP contribution in [0, 0.1) is 13.8 Å². The molecule has 0 spiro atoms. The molecule has 1 aliphatic rings. The first-order valence-corrected chi connectivity index (χ1v) is 7.19. The van der Waals surface area contributed by atoms with Crippen molar-refractivity contribution in [2.75, 3.05) is 13.6 Å². The van der Waals surface area contributed by atoms with E-state index >= 15 is 0 Å². The lowest BCUT2D eigenvalue weighted by atomic mass is 10.0. The van der Waals surface area contributed by atoms with Gasteiger partial charge >= 0.3 is 0 Å². The van der Waals surface area contributed by atoms with Crippen molar-refractivity contribution >= 4 is 16.8 Å². The first-order valence-electron chi connectivity index (χ1n) is 7.19. The Morgan fingerprint density at radius 2 is 2.00 bits per heavy atom. The molecule has 1 aromatic heterocycles. The molecule has 0 bridgehead atoms. The van der Waals surface area contributed by atoms with Crippen LogP contribution in [0.2, 0.25) is 0 Å². The number of rotatable bonds is 1. The fourth-order valence-electron chi connectivity index (χ4n) is 3.08. The molecule has 2 heterocycles. The van der Waals surface area contributed by atoms with Crippen LogP contribution >= 0.6 is 0 Å². The zero-order valence-corrected chi connectivity index (χ0v) is 12.6. The van der Waals surface area contributed by atoms with Crippen molar-refractivity contribution in [1.29, 1.82) is 0 Å². The third-order valence-electron chi connectivity index (χ3n) is 4.22. The van der Waals surface area contributed by atoms with Crippen molar-refractivity contribution in [3.8, 4) is 0 Å². The minimum atomic E-state index is -0.0143. The van der Waals surface area contributed by atoms with Gasteiger partial charge in [-0.2, -0.15) is 0 Å². The maximum atomic E-state index is 12.7. The molecule has 3 rings (SSSR count). The summed E-state index contributed by atoms with van der Waals surface area (Å²) in [7, 11) is 1.78. The van der Waals surface area contributed by atoms with Crippen LogP contribution in [0.25, 0.3) is 10.9 Å². The van der Waals surface area contributed by atoms with Gasteiger partial charge in [-0.3, -0.25) is 14.2 Å². The maximum absolute atomic E-state index is 12.7. The van der Waals surface area contributed by atoms with Crippen LogP contribution in [-0.4, -0.2) is 34.0 Å². The van der Waals surface area contributed by atoms with E-state index in [1.54, 1.807) is 22.8 Å². The SMILES string of the molecule is Cc1cc(C)c2ncn([C@H]3CCC(=O)N(C)C3)c(=O)c2c1. The van der Waals surface area contributed by atoms with Gasteiger partial charge in [0.15, 0.2) is 0 Å². The second-order valence-corrected chi connectivity index (χ2v) is 5.90. The lowest BCUT2D eigenvalue weighted by Gasteiger charge is -2.30. The van der Waals surface area contributed by atoms with E-state index in [0.717, 1.165) is 16.6 Å². The smallest absolute Gasteiger partial charge is 0.261 e. The molecule has 0 aliphatic carbocycles. The van der Waals surface area contributed by atoms with Crippen molar-refractivity contribution in [1.82, 2.24) is 14.5 Å². The number of aryl methyl sites for hydroxylation is 2. The largest absolute Gasteiger partial charge is 0.344 e. The number of piperidine rings is 1. The van der Waals surface area contributed by atoms with Gasteiger partial charge in [0.2, 0.25) is 5.91 Å². The summed E-state index contributed by atoms with van der Waals surface area (Å²) >= 11 is 0. The second-order valence-electron chi connectivity index (χ2n) is 5.90. The molecule has 1 saturated heterocycles. The molecule has 21 heavy (non-hydrogen) atoms. The Morgan fingerprint density at radius 1 is 1.24 bits per heavy atom. The highest BCUT2D eigenvalue weighted by atomic mass is 16.2. The highest BCUT2D eigenvalue weighted by Crippen LogP contribution is 2.21. The van der Waals surface area contributed by atoms with Gasteiger partial charge in [-0.25, -0.2) is 4.98 Å². The van der Waals surface area contributed by atoms with Crippen LogP contribution in [0.5, 0.6) is 0 Å². The fourth-order valence-corrected chi connectivity index (χ4v) is 3.08. The molecule has 5 heteroatoms. The Kier molecular flexibility index (Phi) is 3.27. The second kappa shape index (κ2) is 4.98. The molecule has 0 saturated carbocycles. The molecule has 1 aromatic carbocycles. The van der Waals surface area contributed by atoms with Gasteiger partial charge in [0, 0.05) is 20.0 Å². The van der Waals surface area contributed by atoms with Crippen LogP contribution in [0.1, 0.15) is 30.0 Å². The number of likely N-dealkylation sites (N-methyl/N-ethyl adjacent to an activating group) is 1. The first kappa shape index (κ1) is 13.8. The summed E-state index contributed by atoms with van der Waals surface area (Å²) in [5.41, 5.74) is 2.83. The van der Waals surface area contributed by atoms with E-state index in [9.17, 15) is 9.59 Å². The Bertz CT molecular complexity index is 779. The van der Waals surface area contributed by atoms with Crippen LogP contribution in [0.4, 0.5) is 0 Å². The molecule has 2 aromatic rings. The van der Waals surface area contributed by atoms with E-state index in [-0.39, 0.29) is 17.5 Å². The maximum Gasteiger partial charge on any atom is 0.261 e. The van der Waals surface area contributed by atoms with Crippen LogP contribution in [0.3, 0.4) is 0 Å². The lowest BCUT2D eigenvalue weighted by molar-refractivity contribution is -0.132. The number of likely N-dealkylation sites (tertiary alicyclic amines) is 1. The zero-order valence-electron chi connectivity index (χ0n) is 12.6. The molecular formula is C16H19N3O2. The molecule has 1 atom stereocenters. The number of hydrogen-bond acceptors (Lipinski definition) is 3. The summed E-state index contributed by atoms with van der Waals surface area (Å²) in [5, 5.41) is 0.662. The molecule has 1 aliphatic heterocycles. The number of carbonyl (C=O) groups excluding carboxylic acids is 1. The van der Waals surface area contributed by atoms with E-state index in [2.05, 4.69) is 4.98 Å². The average molecular weight is 285 g/mol. The summed E-state index contributed by atoms with van der Waals surface area (Å²) in [6.45, 7) is 4.52. The third kappa shape index (κ3) is 2.33. The summed E-state index contributed by atoms with van der Waals surface area (Å²) < 4.78 is 1.68. The van der Waals surface area contributed by atoms with Gasteiger partial charge in [0.05, 0.1) is 23.3 Å². The number of carbonyl (C=O) groups is 1. The summed E-state index contributed by atoms with van der Waals surface area (Å²) in [6, 6.07) is 3.94. The van der Waals surface area contributed by atoms with Gasteiger partial charge in [-0.15, -0.1) is 0 Å². The monoisotopic (exact) mass is 285 g/mol. The summed E-state index contributed by atoms with van der Waals surface area (Å²) in [5.74, 6) is 0.139. The topological polar surface area (TPSA) is 55.2 Å². The summed E-state index contributed by atoms with van der Waals surface area (Å²) in [4.78, 5) is 30.5. The molecule has 5 nitrogen and oxygen atoms in total. The predicted molar refractivity (Wildman–Crippen MR) is 81.4 cm³/mol. The molecule has 0 radical (unpaired) electrons. The molecular weight excluding hydrogens is 266 g/mol. The van der Waals surface area contributed by atoms with Crippen LogP contribution < -0.4 is 5.56 Å². The number of fused-ring (bicyclic) bond motifs is 1. The van der Waals surface area contributed by atoms with E-state index in [4.69, 9.17) is 0 Å². The van der Waals surface area contributed by atoms with Crippen LogP contribution in [-0.2, 0) is 4.79 Å². The van der Waals surface area contributed by atoms with E-state index in [1.165, 1.54) is 0 Å². The number of aromatic nitrogens is 2. The fraction of sp³-hybridized carbons (Fsp3) is 0.438. The Hall–Kier alpha value is -2.17. The van der Waals surface area contributed by atoms with Crippen LogP contribution in [0.15, 0.2) is 23.3 Å². The Morgan fingerprint density at radius 3 is 2.71 bits per heavy atom. The number of hydrogen-bond donors (Lipinski definition) is 0. The van der Waals surface area contributed by atoms with Crippen molar-refractivity contribution in [3.63, 3.8) is 0 Å². The van der Waals surface area contributed by atoms with Gasteiger partial charge in [-0.05, 0) is 37.5 Å². The Balaban J connectivity index is 2.10. The van der Waals surface area contributed by atoms with E-state index < -0.39 is 0 Å². The lowest BCUT2D eigenvalue weighted by Crippen LogP contribution is -2.40. The quantitative estimate of drug-likeness (QED) is 0.803. The van der Waals surface area contributed by atoms with Gasteiger partial charge in [-0.1, -0.05) is 6.07 Å². The van der Waals surface area contributed by atoms with Gasteiger partial charge < -0.3 is 4.90 Å². The minimum Gasteiger partial charge on any atom is -0.344 e.